The monoisotopic (exact) mass is 296 g/mol. The van der Waals surface area contributed by atoms with Gasteiger partial charge in [-0.3, -0.25) is 0 Å². The first-order chi connectivity index (χ1) is 10.1. The van der Waals surface area contributed by atoms with Gasteiger partial charge in [0.15, 0.2) is 0 Å². The molecule has 2 rings (SSSR count). The lowest BCUT2D eigenvalue weighted by Crippen LogP contribution is -2.48. The molecule has 0 unspecified atom stereocenters. The van der Waals surface area contributed by atoms with Crippen molar-refractivity contribution in [2.45, 2.75) is 77.4 Å². The van der Waals surface area contributed by atoms with Crippen molar-refractivity contribution in [3.63, 3.8) is 0 Å². The van der Waals surface area contributed by atoms with E-state index in [1.165, 1.54) is 77.5 Å². The third-order valence-corrected chi connectivity index (χ3v) is 5.48. The van der Waals surface area contributed by atoms with Gasteiger partial charge in [-0.25, -0.2) is 0 Å². The van der Waals surface area contributed by atoms with Crippen LogP contribution in [-0.2, 0) is 4.74 Å². The third-order valence-electron chi connectivity index (χ3n) is 5.48. The van der Waals surface area contributed by atoms with Gasteiger partial charge < -0.3 is 15.0 Å². The van der Waals surface area contributed by atoms with E-state index in [0.717, 1.165) is 0 Å². The molecule has 0 atom stereocenters. The lowest BCUT2D eigenvalue weighted by molar-refractivity contribution is 0.0227. The SMILES string of the molecule is COC1CCN(CC2(CNC(C)C)CCCCCC2)CC1. The zero-order valence-electron chi connectivity index (χ0n) is 14.5. The Kier molecular flexibility index (Phi) is 6.97. The van der Waals surface area contributed by atoms with Crippen LogP contribution in [0.1, 0.15) is 65.2 Å². The van der Waals surface area contributed by atoms with Crippen LogP contribution in [0.3, 0.4) is 0 Å². The van der Waals surface area contributed by atoms with E-state index in [-0.39, 0.29) is 0 Å². The second kappa shape index (κ2) is 8.50. The quantitative estimate of drug-likeness (QED) is 0.760. The maximum Gasteiger partial charge on any atom is 0.0595 e. The van der Waals surface area contributed by atoms with Gasteiger partial charge in [0.05, 0.1) is 6.10 Å². The van der Waals surface area contributed by atoms with Gasteiger partial charge in [-0.05, 0) is 31.1 Å². The molecule has 2 fully saturated rings. The average molecular weight is 296 g/mol. The van der Waals surface area contributed by atoms with Crippen molar-refractivity contribution in [1.29, 1.82) is 0 Å². The summed E-state index contributed by atoms with van der Waals surface area (Å²) >= 11 is 0. The maximum atomic E-state index is 5.51. The second-order valence-corrected chi connectivity index (χ2v) is 7.66. The molecule has 0 aromatic carbocycles. The second-order valence-electron chi connectivity index (χ2n) is 7.66. The minimum Gasteiger partial charge on any atom is -0.381 e. The summed E-state index contributed by atoms with van der Waals surface area (Å²) in [6.45, 7) is 9.49. The number of piperidine rings is 1. The zero-order chi connectivity index (χ0) is 15.1. The van der Waals surface area contributed by atoms with Gasteiger partial charge in [-0.1, -0.05) is 39.5 Å². The van der Waals surface area contributed by atoms with E-state index in [0.29, 0.717) is 17.6 Å². The van der Waals surface area contributed by atoms with Crippen LogP contribution in [0.2, 0.25) is 0 Å². The van der Waals surface area contributed by atoms with Gasteiger partial charge >= 0.3 is 0 Å². The fourth-order valence-corrected chi connectivity index (χ4v) is 4.07. The topological polar surface area (TPSA) is 24.5 Å². The van der Waals surface area contributed by atoms with Crippen LogP contribution in [0.25, 0.3) is 0 Å². The molecule has 0 bridgehead atoms. The fourth-order valence-electron chi connectivity index (χ4n) is 4.07. The van der Waals surface area contributed by atoms with E-state index >= 15 is 0 Å². The van der Waals surface area contributed by atoms with E-state index in [9.17, 15) is 0 Å². The predicted molar refractivity (Wildman–Crippen MR) is 89.7 cm³/mol. The van der Waals surface area contributed by atoms with E-state index < -0.39 is 0 Å². The summed E-state index contributed by atoms with van der Waals surface area (Å²) in [4.78, 5) is 2.71. The number of nitrogens with one attached hydrogen (secondary N) is 1. The molecule has 0 radical (unpaired) electrons. The molecule has 0 aromatic heterocycles. The summed E-state index contributed by atoms with van der Waals surface area (Å²) in [6.07, 6.45) is 11.5. The molecule has 3 heteroatoms. The van der Waals surface area contributed by atoms with Crippen molar-refractivity contribution in [3.05, 3.63) is 0 Å². The van der Waals surface area contributed by atoms with Crippen molar-refractivity contribution in [2.24, 2.45) is 5.41 Å². The molecule has 0 aromatic rings. The first-order valence-corrected chi connectivity index (χ1v) is 9.12. The van der Waals surface area contributed by atoms with Crippen molar-refractivity contribution in [1.82, 2.24) is 10.2 Å². The van der Waals surface area contributed by atoms with Crippen LogP contribution in [0.5, 0.6) is 0 Å². The molecule has 0 amide bonds. The summed E-state index contributed by atoms with van der Waals surface area (Å²) in [7, 11) is 1.86. The number of methoxy groups -OCH3 is 1. The molecular formula is C18H36N2O. The Morgan fingerprint density at radius 2 is 1.71 bits per heavy atom. The number of likely N-dealkylation sites (tertiary alicyclic amines) is 1. The molecular weight excluding hydrogens is 260 g/mol. The molecule has 3 nitrogen and oxygen atoms in total. The van der Waals surface area contributed by atoms with Crippen molar-refractivity contribution >= 4 is 0 Å². The number of hydrogen-bond donors (Lipinski definition) is 1. The zero-order valence-corrected chi connectivity index (χ0v) is 14.5. The summed E-state index contributed by atoms with van der Waals surface area (Å²) in [6, 6.07) is 0.601. The molecule has 1 heterocycles. The number of nitrogens with zero attached hydrogens (tertiary/aromatic N) is 1. The Morgan fingerprint density at radius 1 is 1.10 bits per heavy atom. The molecule has 21 heavy (non-hydrogen) atoms. The van der Waals surface area contributed by atoms with Crippen molar-refractivity contribution < 1.29 is 4.74 Å². The highest BCUT2D eigenvalue weighted by Crippen LogP contribution is 2.36. The van der Waals surface area contributed by atoms with Crippen LogP contribution in [0, 0.1) is 5.41 Å². The fraction of sp³-hybridized carbons (Fsp3) is 1.00. The number of ether oxygens (including phenoxy) is 1. The Morgan fingerprint density at radius 3 is 2.24 bits per heavy atom. The van der Waals surface area contributed by atoms with Gasteiger partial charge in [-0.15, -0.1) is 0 Å². The Bertz CT molecular complexity index is 277. The molecule has 1 N–H and O–H groups in total. The van der Waals surface area contributed by atoms with Gasteiger partial charge in [0, 0.05) is 39.3 Å². The Hall–Kier alpha value is -0.120. The van der Waals surface area contributed by atoms with Crippen molar-refractivity contribution in [2.75, 3.05) is 33.3 Å². The van der Waals surface area contributed by atoms with E-state index in [4.69, 9.17) is 4.74 Å². The standard InChI is InChI=1S/C18H36N2O/c1-16(2)19-14-18(10-6-4-5-7-11-18)15-20-12-8-17(21-3)9-13-20/h16-17,19H,4-15H2,1-3H3. The van der Waals surface area contributed by atoms with E-state index in [2.05, 4.69) is 24.1 Å². The molecule has 2 aliphatic rings. The van der Waals surface area contributed by atoms with Gasteiger partial charge in [0.2, 0.25) is 0 Å². The van der Waals surface area contributed by atoms with Crippen LogP contribution < -0.4 is 5.32 Å². The summed E-state index contributed by atoms with van der Waals surface area (Å²) < 4.78 is 5.51. The highest BCUT2D eigenvalue weighted by molar-refractivity contribution is 4.88. The highest BCUT2D eigenvalue weighted by atomic mass is 16.5. The highest BCUT2D eigenvalue weighted by Gasteiger charge is 2.34. The van der Waals surface area contributed by atoms with Crippen molar-refractivity contribution in [3.8, 4) is 0 Å². The molecule has 1 aliphatic carbocycles. The molecule has 124 valence electrons. The first-order valence-electron chi connectivity index (χ1n) is 9.12. The molecule has 1 saturated heterocycles. The minimum atomic E-state index is 0.500. The Labute approximate surface area is 131 Å². The smallest absolute Gasteiger partial charge is 0.0595 e. The summed E-state index contributed by atoms with van der Waals surface area (Å²) in [5, 5.41) is 3.74. The van der Waals surface area contributed by atoms with Gasteiger partial charge in [0.25, 0.3) is 0 Å². The normalized spacial score (nSPS) is 25.1. The Balaban J connectivity index is 1.91. The third kappa shape index (κ3) is 5.54. The summed E-state index contributed by atoms with van der Waals surface area (Å²) in [5.41, 5.74) is 0.515. The van der Waals surface area contributed by atoms with Crippen LogP contribution in [0.15, 0.2) is 0 Å². The largest absolute Gasteiger partial charge is 0.381 e. The average Bonchev–Trinajstić information content (AvgIpc) is 2.72. The molecule has 1 aliphatic heterocycles. The van der Waals surface area contributed by atoms with Crippen LogP contribution in [0.4, 0.5) is 0 Å². The molecule has 1 saturated carbocycles. The molecule has 0 spiro atoms. The lowest BCUT2D eigenvalue weighted by Gasteiger charge is -2.41. The minimum absolute atomic E-state index is 0.500. The van der Waals surface area contributed by atoms with Gasteiger partial charge in [0.1, 0.15) is 0 Å². The van der Waals surface area contributed by atoms with Crippen LogP contribution in [-0.4, -0.2) is 50.3 Å². The van der Waals surface area contributed by atoms with Crippen LogP contribution >= 0.6 is 0 Å². The van der Waals surface area contributed by atoms with E-state index in [1.807, 2.05) is 7.11 Å². The first kappa shape index (κ1) is 17.2. The number of hydrogen-bond acceptors (Lipinski definition) is 3. The van der Waals surface area contributed by atoms with Gasteiger partial charge in [-0.2, -0.15) is 0 Å². The van der Waals surface area contributed by atoms with E-state index in [1.54, 1.807) is 0 Å². The lowest BCUT2D eigenvalue weighted by atomic mass is 9.79. The number of rotatable bonds is 6. The predicted octanol–water partition coefficient (Wildman–Crippen LogP) is 3.44. The maximum absolute atomic E-state index is 5.51. The summed E-state index contributed by atoms with van der Waals surface area (Å²) in [5.74, 6) is 0.